The lowest BCUT2D eigenvalue weighted by Gasteiger charge is -2.12. The number of anilines is 1. The average molecular weight is 400 g/mol. The maximum Gasteiger partial charge on any atom is 0.277 e. The first-order valence-electron chi connectivity index (χ1n) is 8.75. The normalized spacial score (nSPS) is 10.5. The van der Waals surface area contributed by atoms with E-state index in [1.165, 1.54) is 0 Å². The highest BCUT2D eigenvalue weighted by Gasteiger charge is 2.12. The van der Waals surface area contributed by atoms with Crippen molar-refractivity contribution in [3.8, 4) is 23.0 Å². The van der Waals surface area contributed by atoms with Crippen LogP contribution in [0.4, 0.5) is 5.69 Å². The molecule has 1 N–H and O–H groups in total. The molecule has 1 amide bonds. The maximum atomic E-state index is 12.2. The average Bonchev–Trinajstić information content (AvgIpc) is 3.19. The predicted octanol–water partition coefficient (Wildman–Crippen LogP) is 3.66. The number of carbonyl (C=O) groups is 1. The van der Waals surface area contributed by atoms with Crippen LogP contribution < -0.4 is 14.8 Å². The third-order valence-corrected chi connectivity index (χ3v) is 4.29. The number of ether oxygens (including phenoxy) is 2. The summed E-state index contributed by atoms with van der Waals surface area (Å²) in [7, 11) is 0. The van der Waals surface area contributed by atoms with Gasteiger partial charge in [0.05, 0.1) is 24.5 Å². The number of carbonyl (C=O) groups excluding carboxylic acids is 1. The van der Waals surface area contributed by atoms with Crippen LogP contribution in [0.3, 0.4) is 0 Å². The van der Waals surface area contributed by atoms with Crippen molar-refractivity contribution in [2.45, 2.75) is 19.1 Å². The first-order chi connectivity index (χ1) is 13.7. The molecular formula is C19H20N4O4S. The number of hydrogen-bond acceptors (Lipinski definition) is 8. The summed E-state index contributed by atoms with van der Waals surface area (Å²) in [4.78, 5) is 16.2. The van der Waals surface area contributed by atoms with Crippen LogP contribution >= 0.6 is 11.8 Å². The number of rotatable bonds is 9. The molecule has 0 spiro atoms. The summed E-state index contributed by atoms with van der Waals surface area (Å²) < 4.78 is 16.6. The van der Waals surface area contributed by atoms with E-state index in [1.807, 2.05) is 19.9 Å². The van der Waals surface area contributed by atoms with Gasteiger partial charge in [0.1, 0.15) is 0 Å². The molecule has 0 atom stereocenters. The second kappa shape index (κ2) is 9.75. The number of pyridine rings is 1. The standard InChI is InChI=1S/C19H20N4O4S/c1-3-25-15-8-7-14(10-16(15)26-4-2)21-17(24)12-28-19-23-22-18(27-19)13-6-5-9-20-11-13/h5-11H,3-4,12H2,1-2H3,(H,21,24). The summed E-state index contributed by atoms with van der Waals surface area (Å²) >= 11 is 1.16. The molecule has 8 nitrogen and oxygen atoms in total. The Kier molecular flexibility index (Phi) is 6.85. The Morgan fingerprint density at radius 2 is 1.96 bits per heavy atom. The van der Waals surface area contributed by atoms with Crippen molar-refractivity contribution in [2.75, 3.05) is 24.3 Å². The number of nitrogens with one attached hydrogen (secondary N) is 1. The molecule has 2 heterocycles. The van der Waals surface area contributed by atoms with Crippen LogP contribution in [0, 0.1) is 0 Å². The lowest BCUT2D eigenvalue weighted by atomic mass is 10.2. The van der Waals surface area contributed by atoms with Crippen molar-refractivity contribution < 1.29 is 18.7 Å². The van der Waals surface area contributed by atoms with Gasteiger partial charge < -0.3 is 19.2 Å². The van der Waals surface area contributed by atoms with Crippen molar-refractivity contribution in [1.29, 1.82) is 0 Å². The van der Waals surface area contributed by atoms with Crippen LogP contribution in [0.2, 0.25) is 0 Å². The molecule has 2 aromatic heterocycles. The summed E-state index contributed by atoms with van der Waals surface area (Å²) in [5.41, 5.74) is 1.35. The van der Waals surface area contributed by atoms with Crippen LogP contribution in [-0.2, 0) is 4.79 Å². The van der Waals surface area contributed by atoms with E-state index in [9.17, 15) is 4.79 Å². The summed E-state index contributed by atoms with van der Waals surface area (Å²) in [6, 6.07) is 8.89. The van der Waals surface area contributed by atoms with Crippen molar-refractivity contribution in [1.82, 2.24) is 15.2 Å². The lowest BCUT2D eigenvalue weighted by molar-refractivity contribution is -0.113. The van der Waals surface area contributed by atoms with Crippen LogP contribution in [-0.4, -0.2) is 40.1 Å². The molecule has 3 rings (SSSR count). The molecule has 0 saturated carbocycles. The third kappa shape index (κ3) is 5.23. The predicted molar refractivity (Wildman–Crippen MR) is 106 cm³/mol. The number of hydrogen-bond donors (Lipinski definition) is 1. The van der Waals surface area contributed by atoms with Gasteiger partial charge in [-0.3, -0.25) is 9.78 Å². The topological polar surface area (TPSA) is 99.4 Å². The molecule has 0 fully saturated rings. The molecule has 0 unspecified atom stereocenters. The highest BCUT2D eigenvalue weighted by atomic mass is 32.2. The zero-order valence-electron chi connectivity index (χ0n) is 15.5. The number of benzene rings is 1. The Bertz CT molecular complexity index is 917. The van der Waals surface area contributed by atoms with E-state index < -0.39 is 0 Å². The van der Waals surface area contributed by atoms with E-state index >= 15 is 0 Å². The van der Waals surface area contributed by atoms with Gasteiger partial charge in [-0.1, -0.05) is 11.8 Å². The zero-order chi connectivity index (χ0) is 19.8. The van der Waals surface area contributed by atoms with E-state index in [4.69, 9.17) is 13.9 Å². The minimum atomic E-state index is -0.197. The van der Waals surface area contributed by atoms with Gasteiger partial charge in [0.15, 0.2) is 11.5 Å². The van der Waals surface area contributed by atoms with Crippen molar-refractivity contribution in [3.05, 3.63) is 42.7 Å². The van der Waals surface area contributed by atoms with Gasteiger partial charge in [-0.25, -0.2) is 0 Å². The Balaban J connectivity index is 1.57. The van der Waals surface area contributed by atoms with Crippen LogP contribution in [0.15, 0.2) is 52.4 Å². The highest BCUT2D eigenvalue weighted by Crippen LogP contribution is 2.31. The molecule has 0 aliphatic heterocycles. The zero-order valence-corrected chi connectivity index (χ0v) is 16.4. The van der Waals surface area contributed by atoms with Crippen molar-refractivity contribution in [2.24, 2.45) is 0 Å². The van der Waals surface area contributed by atoms with Gasteiger partial charge in [-0.2, -0.15) is 0 Å². The summed E-state index contributed by atoms with van der Waals surface area (Å²) in [6.07, 6.45) is 3.30. The van der Waals surface area contributed by atoms with Crippen LogP contribution in [0.1, 0.15) is 13.8 Å². The number of nitrogens with zero attached hydrogens (tertiary/aromatic N) is 3. The summed E-state index contributed by atoms with van der Waals surface area (Å²) in [5, 5.41) is 11.1. The summed E-state index contributed by atoms with van der Waals surface area (Å²) in [6.45, 7) is 4.83. The van der Waals surface area contributed by atoms with Gasteiger partial charge >= 0.3 is 0 Å². The Morgan fingerprint density at radius 1 is 1.14 bits per heavy atom. The monoisotopic (exact) mass is 400 g/mol. The van der Waals surface area contributed by atoms with E-state index in [0.29, 0.717) is 41.5 Å². The molecule has 0 bridgehead atoms. The number of thioether (sulfide) groups is 1. The maximum absolute atomic E-state index is 12.2. The molecule has 0 aliphatic carbocycles. The molecule has 0 aliphatic rings. The minimum Gasteiger partial charge on any atom is -0.490 e. The number of aromatic nitrogens is 3. The first kappa shape index (κ1) is 19.7. The lowest BCUT2D eigenvalue weighted by Crippen LogP contribution is -2.14. The Hall–Kier alpha value is -3.07. The highest BCUT2D eigenvalue weighted by molar-refractivity contribution is 7.99. The van der Waals surface area contributed by atoms with Crippen LogP contribution in [0.25, 0.3) is 11.5 Å². The molecule has 0 radical (unpaired) electrons. The fourth-order valence-corrected chi connectivity index (χ4v) is 2.89. The van der Waals surface area contributed by atoms with E-state index in [-0.39, 0.29) is 11.7 Å². The Labute approximate surface area is 166 Å². The molecule has 146 valence electrons. The number of amides is 1. The van der Waals surface area contributed by atoms with Gasteiger partial charge in [-0.05, 0) is 38.1 Å². The molecule has 1 aromatic carbocycles. The van der Waals surface area contributed by atoms with Gasteiger partial charge in [0.2, 0.25) is 11.8 Å². The molecule has 3 aromatic rings. The smallest absolute Gasteiger partial charge is 0.277 e. The fourth-order valence-electron chi connectivity index (χ4n) is 2.33. The second-order valence-electron chi connectivity index (χ2n) is 5.48. The SMILES string of the molecule is CCOc1ccc(NC(=O)CSc2nnc(-c3cccnc3)o2)cc1OCC. The first-order valence-corrected chi connectivity index (χ1v) is 9.74. The summed E-state index contributed by atoms with van der Waals surface area (Å²) in [5.74, 6) is 1.53. The van der Waals surface area contributed by atoms with Crippen LogP contribution in [0.5, 0.6) is 11.5 Å². The fraction of sp³-hybridized carbons (Fsp3) is 0.263. The van der Waals surface area contributed by atoms with Crippen molar-refractivity contribution in [3.63, 3.8) is 0 Å². The van der Waals surface area contributed by atoms with E-state index in [1.54, 1.807) is 36.7 Å². The van der Waals surface area contributed by atoms with Crippen molar-refractivity contribution >= 4 is 23.4 Å². The van der Waals surface area contributed by atoms with E-state index in [0.717, 1.165) is 17.3 Å². The largest absolute Gasteiger partial charge is 0.490 e. The molecule has 28 heavy (non-hydrogen) atoms. The third-order valence-electron chi connectivity index (χ3n) is 3.47. The molecule has 0 saturated heterocycles. The molecule has 9 heteroatoms. The Morgan fingerprint density at radius 3 is 2.71 bits per heavy atom. The molecular weight excluding hydrogens is 380 g/mol. The van der Waals surface area contributed by atoms with Gasteiger partial charge in [0.25, 0.3) is 5.22 Å². The second-order valence-corrected chi connectivity index (χ2v) is 6.41. The quantitative estimate of drug-likeness (QED) is 0.543. The van der Waals surface area contributed by atoms with Gasteiger partial charge in [0, 0.05) is 24.1 Å². The van der Waals surface area contributed by atoms with E-state index in [2.05, 4.69) is 20.5 Å². The minimum absolute atomic E-state index is 0.131. The van der Waals surface area contributed by atoms with Gasteiger partial charge in [-0.15, -0.1) is 10.2 Å².